The standard InChI is InChI=1S/C15H21N3O/c1-9-5-6-13(7-10(9)2)19-15-14(8-16)11(3)12(4)17-18-15/h9-10,13H,5-7H2,1-4H3. The molecule has 0 aliphatic heterocycles. The summed E-state index contributed by atoms with van der Waals surface area (Å²) in [6, 6.07) is 2.19. The van der Waals surface area contributed by atoms with Crippen LogP contribution >= 0.6 is 0 Å². The monoisotopic (exact) mass is 259 g/mol. The number of nitrogens with zero attached hydrogens (tertiary/aromatic N) is 3. The van der Waals surface area contributed by atoms with Gasteiger partial charge >= 0.3 is 0 Å². The number of aryl methyl sites for hydroxylation is 1. The van der Waals surface area contributed by atoms with Crippen molar-refractivity contribution in [3.8, 4) is 11.9 Å². The lowest BCUT2D eigenvalue weighted by molar-refractivity contribution is 0.0950. The maximum atomic E-state index is 9.25. The number of nitriles is 1. The summed E-state index contributed by atoms with van der Waals surface area (Å²) in [5.74, 6) is 1.81. The molecule has 1 heterocycles. The SMILES string of the molecule is Cc1nnc(OC2CCC(C)C(C)C2)c(C#N)c1C. The quantitative estimate of drug-likeness (QED) is 0.818. The minimum Gasteiger partial charge on any atom is -0.472 e. The fourth-order valence-corrected chi connectivity index (χ4v) is 2.56. The number of hydrogen-bond acceptors (Lipinski definition) is 4. The molecule has 0 saturated heterocycles. The van der Waals surface area contributed by atoms with Crippen molar-refractivity contribution in [1.29, 1.82) is 5.26 Å². The fourth-order valence-electron chi connectivity index (χ4n) is 2.56. The zero-order chi connectivity index (χ0) is 14.0. The van der Waals surface area contributed by atoms with Crippen LogP contribution in [0.5, 0.6) is 5.88 Å². The molecular formula is C15H21N3O. The summed E-state index contributed by atoms with van der Waals surface area (Å²) in [5.41, 5.74) is 2.18. The fraction of sp³-hybridized carbons (Fsp3) is 0.667. The van der Waals surface area contributed by atoms with Crippen molar-refractivity contribution in [1.82, 2.24) is 10.2 Å². The van der Waals surface area contributed by atoms with E-state index in [1.165, 1.54) is 6.42 Å². The van der Waals surface area contributed by atoms with Gasteiger partial charge in [0.25, 0.3) is 5.88 Å². The molecule has 0 N–H and O–H groups in total. The summed E-state index contributed by atoms with van der Waals surface area (Å²) in [4.78, 5) is 0. The molecule has 1 saturated carbocycles. The third-order valence-electron chi connectivity index (χ3n) is 4.36. The van der Waals surface area contributed by atoms with E-state index >= 15 is 0 Å². The van der Waals surface area contributed by atoms with E-state index < -0.39 is 0 Å². The van der Waals surface area contributed by atoms with Gasteiger partial charge in [0, 0.05) is 0 Å². The molecule has 3 atom stereocenters. The molecule has 1 aromatic rings. The lowest BCUT2D eigenvalue weighted by Gasteiger charge is -2.32. The highest BCUT2D eigenvalue weighted by Crippen LogP contribution is 2.32. The molecule has 0 amide bonds. The highest BCUT2D eigenvalue weighted by molar-refractivity contribution is 5.44. The number of aromatic nitrogens is 2. The molecule has 1 fully saturated rings. The van der Waals surface area contributed by atoms with E-state index in [-0.39, 0.29) is 6.10 Å². The molecule has 102 valence electrons. The molecule has 0 bridgehead atoms. The van der Waals surface area contributed by atoms with Crippen LogP contribution in [0, 0.1) is 37.0 Å². The summed E-state index contributed by atoms with van der Waals surface area (Å²) in [6.45, 7) is 8.30. The smallest absolute Gasteiger partial charge is 0.252 e. The van der Waals surface area contributed by atoms with Crippen molar-refractivity contribution >= 4 is 0 Å². The predicted molar refractivity (Wildman–Crippen MR) is 72.8 cm³/mol. The Balaban J connectivity index is 2.16. The Hall–Kier alpha value is -1.63. The molecule has 0 aromatic carbocycles. The highest BCUT2D eigenvalue weighted by Gasteiger charge is 2.27. The van der Waals surface area contributed by atoms with E-state index in [1.54, 1.807) is 0 Å². The van der Waals surface area contributed by atoms with Gasteiger partial charge in [-0.05, 0) is 50.5 Å². The molecule has 4 heteroatoms. The van der Waals surface area contributed by atoms with Crippen LogP contribution in [0.4, 0.5) is 0 Å². The first-order valence-electron chi connectivity index (χ1n) is 6.93. The Kier molecular flexibility index (Phi) is 4.04. The van der Waals surface area contributed by atoms with E-state index in [4.69, 9.17) is 4.74 Å². The normalized spacial score (nSPS) is 26.8. The Labute approximate surface area is 114 Å². The van der Waals surface area contributed by atoms with Gasteiger partial charge in [0.2, 0.25) is 0 Å². The first kappa shape index (κ1) is 13.8. The van der Waals surface area contributed by atoms with Crippen molar-refractivity contribution < 1.29 is 4.74 Å². The molecule has 1 aliphatic carbocycles. The first-order valence-corrected chi connectivity index (χ1v) is 6.93. The average molecular weight is 259 g/mol. The van der Waals surface area contributed by atoms with Crippen molar-refractivity contribution in [3.05, 3.63) is 16.8 Å². The summed E-state index contributed by atoms with van der Waals surface area (Å²) in [6.07, 6.45) is 3.40. The van der Waals surface area contributed by atoms with Gasteiger partial charge in [0.15, 0.2) is 0 Å². The third-order valence-corrected chi connectivity index (χ3v) is 4.36. The third kappa shape index (κ3) is 2.86. The van der Waals surface area contributed by atoms with Gasteiger partial charge in [-0.25, -0.2) is 0 Å². The Bertz CT molecular complexity index is 507. The largest absolute Gasteiger partial charge is 0.472 e. The Morgan fingerprint density at radius 2 is 1.89 bits per heavy atom. The topological polar surface area (TPSA) is 58.8 Å². The van der Waals surface area contributed by atoms with Gasteiger partial charge in [0.05, 0.1) is 5.69 Å². The lowest BCUT2D eigenvalue weighted by Crippen LogP contribution is -2.29. The molecule has 1 aliphatic rings. The molecule has 2 rings (SSSR count). The van der Waals surface area contributed by atoms with Gasteiger partial charge in [-0.3, -0.25) is 0 Å². The lowest BCUT2D eigenvalue weighted by atomic mass is 9.80. The van der Waals surface area contributed by atoms with Crippen molar-refractivity contribution in [2.45, 2.75) is 53.1 Å². The van der Waals surface area contributed by atoms with Crippen LogP contribution in [0.2, 0.25) is 0 Å². The predicted octanol–water partition coefficient (Wildman–Crippen LogP) is 3.17. The molecule has 3 unspecified atom stereocenters. The highest BCUT2D eigenvalue weighted by atomic mass is 16.5. The Morgan fingerprint density at radius 3 is 2.53 bits per heavy atom. The van der Waals surface area contributed by atoms with Crippen LogP contribution in [0.25, 0.3) is 0 Å². The summed E-state index contributed by atoms with van der Waals surface area (Å²) in [5, 5.41) is 17.4. The van der Waals surface area contributed by atoms with Gasteiger partial charge in [-0.1, -0.05) is 13.8 Å². The summed E-state index contributed by atoms with van der Waals surface area (Å²) < 4.78 is 5.94. The second-order valence-electron chi connectivity index (χ2n) is 5.71. The minimum atomic E-state index is 0.162. The van der Waals surface area contributed by atoms with E-state index in [0.29, 0.717) is 17.4 Å². The molecule has 0 radical (unpaired) electrons. The van der Waals surface area contributed by atoms with E-state index in [2.05, 4.69) is 30.1 Å². The van der Waals surface area contributed by atoms with Crippen LogP contribution < -0.4 is 4.74 Å². The minimum absolute atomic E-state index is 0.162. The van der Waals surface area contributed by atoms with Crippen molar-refractivity contribution in [3.63, 3.8) is 0 Å². The maximum absolute atomic E-state index is 9.25. The zero-order valence-electron chi connectivity index (χ0n) is 12.1. The molecule has 19 heavy (non-hydrogen) atoms. The van der Waals surface area contributed by atoms with Crippen LogP contribution in [0.1, 0.15) is 49.9 Å². The second-order valence-corrected chi connectivity index (χ2v) is 5.71. The van der Waals surface area contributed by atoms with Crippen LogP contribution in [-0.4, -0.2) is 16.3 Å². The Morgan fingerprint density at radius 1 is 1.16 bits per heavy atom. The van der Waals surface area contributed by atoms with E-state index in [0.717, 1.165) is 30.0 Å². The molecule has 0 spiro atoms. The zero-order valence-corrected chi connectivity index (χ0v) is 12.1. The second kappa shape index (κ2) is 5.56. The van der Waals surface area contributed by atoms with Gasteiger partial charge in [-0.15, -0.1) is 5.10 Å². The van der Waals surface area contributed by atoms with Crippen LogP contribution in [0.15, 0.2) is 0 Å². The van der Waals surface area contributed by atoms with E-state index in [1.807, 2.05) is 13.8 Å². The molecular weight excluding hydrogens is 238 g/mol. The van der Waals surface area contributed by atoms with Crippen molar-refractivity contribution in [2.24, 2.45) is 11.8 Å². The van der Waals surface area contributed by atoms with Gasteiger partial charge in [0.1, 0.15) is 17.7 Å². The molecule has 1 aromatic heterocycles. The maximum Gasteiger partial charge on any atom is 0.252 e. The average Bonchev–Trinajstić information content (AvgIpc) is 2.39. The van der Waals surface area contributed by atoms with Crippen molar-refractivity contribution in [2.75, 3.05) is 0 Å². The van der Waals surface area contributed by atoms with Gasteiger partial charge < -0.3 is 4.74 Å². The number of ether oxygens (including phenoxy) is 1. The summed E-state index contributed by atoms with van der Waals surface area (Å²) >= 11 is 0. The van der Waals surface area contributed by atoms with Crippen LogP contribution in [-0.2, 0) is 0 Å². The first-order chi connectivity index (χ1) is 9.02. The van der Waals surface area contributed by atoms with Gasteiger partial charge in [-0.2, -0.15) is 10.4 Å². The number of rotatable bonds is 2. The van der Waals surface area contributed by atoms with Crippen LogP contribution in [0.3, 0.4) is 0 Å². The van der Waals surface area contributed by atoms with E-state index in [9.17, 15) is 5.26 Å². The summed E-state index contributed by atoms with van der Waals surface area (Å²) in [7, 11) is 0. The number of hydrogen-bond donors (Lipinski definition) is 0. The molecule has 4 nitrogen and oxygen atoms in total.